The second kappa shape index (κ2) is 3.19. The lowest BCUT2D eigenvalue weighted by Gasteiger charge is -2.29. The summed E-state index contributed by atoms with van der Waals surface area (Å²) in [6.07, 6.45) is 5.88. The number of amides is 1. The summed E-state index contributed by atoms with van der Waals surface area (Å²) in [5.41, 5.74) is 0.0857. The third-order valence-electron chi connectivity index (χ3n) is 3.44. The Kier molecular flexibility index (Phi) is 1.91. The van der Waals surface area contributed by atoms with Crippen LogP contribution in [0, 0.1) is 5.92 Å². The minimum absolute atomic E-state index is 0.0138. The molecule has 3 heteroatoms. The summed E-state index contributed by atoms with van der Waals surface area (Å²) in [6, 6.07) is 7.23. The van der Waals surface area contributed by atoms with E-state index in [9.17, 15) is 9.90 Å². The van der Waals surface area contributed by atoms with Crippen LogP contribution < -0.4 is 5.32 Å². The highest BCUT2D eigenvalue weighted by molar-refractivity contribution is 5.99. The van der Waals surface area contributed by atoms with Gasteiger partial charge < -0.3 is 10.4 Å². The molecule has 2 atom stereocenters. The van der Waals surface area contributed by atoms with Crippen molar-refractivity contribution < 1.29 is 9.90 Å². The minimum atomic E-state index is -1.21. The number of nitrogens with one attached hydrogen (secondary N) is 1. The molecule has 1 aliphatic heterocycles. The molecular weight excluding hydrogens is 202 g/mol. The van der Waals surface area contributed by atoms with E-state index in [0.29, 0.717) is 11.1 Å². The third kappa shape index (κ3) is 1.15. The second-order valence-electron chi connectivity index (χ2n) is 4.38. The standard InChI is InChI=1S/C13H13NO2/c15-12-10-7-3-4-8-11(10)13(16,14-12)9-5-1-2-6-9/h1,3-5,7-9,16H,2,6H2,(H,14,15)/t9-,13+/m0/s1. The summed E-state index contributed by atoms with van der Waals surface area (Å²) in [5.74, 6) is -0.196. The van der Waals surface area contributed by atoms with E-state index in [4.69, 9.17) is 0 Å². The van der Waals surface area contributed by atoms with Crippen molar-refractivity contribution in [2.45, 2.75) is 18.6 Å². The van der Waals surface area contributed by atoms with E-state index in [-0.39, 0.29) is 11.8 Å². The van der Waals surface area contributed by atoms with Crippen molar-refractivity contribution in [2.24, 2.45) is 5.92 Å². The largest absolute Gasteiger partial charge is 0.366 e. The number of hydrogen-bond donors (Lipinski definition) is 2. The molecule has 0 radical (unpaired) electrons. The van der Waals surface area contributed by atoms with Crippen LogP contribution in [0.5, 0.6) is 0 Å². The molecule has 0 unspecified atom stereocenters. The van der Waals surface area contributed by atoms with Crippen LogP contribution in [-0.4, -0.2) is 11.0 Å². The van der Waals surface area contributed by atoms with E-state index in [2.05, 4.69) is 11.4 Å². The van der Waals surface area contributed by atoms with E-state index >= 15 is 0 Å². The van der Waals surface area contributed by atoms with Gasteiger partial charge in [-0.05, 0) is 18.9 Å². The Balaban J connectivity index is 2.11. The van der Waals surface area contributed by atoms with Gasteiger partial charge in [-0.3, -0.25) is 4.79 Å². The first-order valence-corrected chi connectivity index (χ1v) is 5.53. The predicted molar refractivity (Wildman–Crippen MR) is 59.7 cm³/mol. The average molecular weight is 215 g/mol. The third-order valence-corrected chi connectivity index (χ3v) is 3.44. The molecule has 1 heterocycles. The van der Waals surface area contributed by atoms with Gasteiger partial charge in [0.05, 0.1) is 0 Å². The summed E-state index contributed by atoms with van der Waals surface area (Å²) in [4.78, 5) is 11.7. The van der Waals surface area contributed by atoms with Crippen LogP contribution in [0.15, 0.2) is 36.4 Å². The van der Waals surface area contributed by atoms with Gasteiger partial charge in [0, 0.05) is 17.0 Å². The zero-order chi connectivity index (χ0) is 11.2. The maximum absolute atomic E-state index is 11.7. The molecule has 0 bridgehead atoms. The fourth-order valence-corrected chi connectivity index (χ4v) is 2.59. The van der Waals surface area contributed by atoms with E-state index in [1.165, 1.54) is 0 Å². The molecule has 2 N–H and O–H groups in total. The smallest absolute Gasteiger partial charge is 0.254 e. The van der Waals surface area contributed by atoms with Crippen LogP contribution in [0.25, 0.3) is 0 Å². The van der Waals surface area contributed by atoms with E-state index in [1.54, 1.807) is 6.07 Å². The van der Waals surface area contributed by atoms with Crippen molar-refractivity contribution in [3.8, 4) is 0 Å². The quantitative estimate of drug-likeness (QED) is 0.698. The van der Waals surface area contributed by atoms with Crippen LogP contribution in [0.4, 0.5) is 0 Å². The first-order chi connectivity index (χ1) is 7.72. The van der Waals surface area contributed by atoms with Crippen molar-refractivity contribution in [3.05, 3.63) is 47.5 Å². The second-order valence-corrected chi connectivity index (χ2v) is 4.38. The number of allylic oxidation sites excluding steroid dienone is 1. The van der Waals surface area contributed by atoms with Crippen molar-refractivity contribution in [1.82, 2.24) is 5.32 Å². The monoisotopic (exact) mass is 215 g/mol. The van der Waals surface area contributed by atoms with Gasteiger partial charge >= 0.3 is 0 Å². The Morgan fingerprint density at radius 2 is 2.19 bits per heavy atom. The Morgan fingerprint density at radius 1 is 1.38 bits per heavy atom. The highest BCUT2D eigenvalue weighted by Crippen LogP contribution is 2.39. The molecule has 16 heavy (non-hydrogen) atoms. The van der Waals surface area contributed by atoms with Crippen molar-refractivity contribution >= 4 is 5.91 Å². The highest BCUT2D eigenvalue weighted by Gasteiger charge is 2.46. The number of fused-ring (bicyclic) bond motifs is 1. The first kappa shape index (κ1) is 9.60. The Bertz CT molecular complexity index is 481. The molecule has 0 fully saturated rings. The summed E-state index contributed by atoms with van der Waals surface area (Å²) < 4.78 is 0. The Morgan fingerprint density at radius 3 is 2.94 bits per heavy atom. The van der Waals surface area contributed by atoms with Gasteiger partial charge in [-0.15, -0.1) is 0 Å². The SMILES string of the molecule is O=C1N[C@@](O)([C@H]2C=CCC2)c2ccccc21. The molecule has 82 valence electrons. The van der Waals surface area contributed by atoms with Gasteiger partial charge in [0.1, 0.15) is 0 Å². The summed E-state index contributed by atoms with van der Waals surface area (Å²) in [7, 11) is 0. The maximum atomic E-state index is 11.7. The number of benzene rings is 1. The predicted octanol–water partition coefficient (Wildman–Crippen LogP) is 1.54. The molecule has 3 nitrogen and oxygen atoms in total. The molecule has 3 rings (SSSR count). The zero-order valence-electron chi connectivity index (χ0n) is 8.81. The van der Waals surface area contributed by atoms with Gasteiger partial charge in [0.15, 0.2) is 5.72 Å². The molecule has 2 aliphatic rings. The van der Waals surface area contributed by atoms with E-state index < -0.39 is 5.72 Å². The lowest BCUT2D eigenvalue weighted by molar-refractivity contribution is -0.0241. The topological polar surface area (TPSA) is 49.3 Å². The van der Waals surface area contributed by atoms with Gasteiger partial charge in [-0.2, -0.15) is 0 Å². The minimum Gasteiger partial charge on any atom is -0.366 e. The molecule has 1 aromatic carbocycles. The molecule has 0 aromatic heterocycles. The van der Waals surface area contributed by atoms with Gasteiger partial charge in [0.25, 0.3) is 5.91 Å². The zero-order valence-corrected chi connectivity index (χ0v) is 8.81. The Labute approximate surface area is 93.8 Å². The number of aliphatic hydroxyl groups is 1. The van der Waals surface area contributed by atoms with Crippen LogP contribution in [-0.2, 0) is 5.72 Å². The molecule has 1 aliphatic carbocycles. The summed E-state index contributed by atoms with van der Waals surface area (Å²) in [5, 5.41) is 13.3. The molecule has 0 saturated carbocycles. The molecular formula is C13H13NO2. The van der Waals surface area contributed by atoms with Gasteiger partial charge in [-0.1, -0.05) is 30.4 Å². The highest BCUT2D eigenvalue weighted by atomic mass is 16.3. The van der Waals surface area contributed by atoms with Crippen LogP contribution in [0.2, 0.25) is 0 Å². The molecule has 0 saturated heterocycles. The summed E-state index contributed by atoms with van der Waals surface area (Å²) in [6.45, 7) is 0. The first-order valence-electron chi connectivity index (χ1n) is 5.53. The average Bonchev–Trinajstić information content (AvgIpc) is 2.89. The van der Waals surface area contributed by atoms with E-state index in [1.807, 2.05) is 24.3 Å². The molecule has 1 amide bonds. The molecule has 1 aromatic rings. The maximum Gasteiger partial charge on any atom is 0.254 e. The number of carbonyl (C=O) groups excluding carboxylic acids is 1. The normalized spacial score (nSPS) is 31.6. The number of carbonyl (C=O) groups is 1. The number of hydrogen-bond acceptors (Lipinski definition) is 2. The van der Waals surface area contributed by atoms with Gasteiger partial charge in [-0.25, -0.2) is 0 Å². The van der Waals surface area contributed by atoms with Crippen LogP contribution >= 0.6 is 0 Å². The summed E-state index contributed by atoms with van der Waals surface area (Å²) >= 11 is 0. The lowest BCUT2D eigenvalue weighted by atomic mass is 9.89. The fourth-order valence-electron chi connectivity index (χ4n) is 2.59. The number of rotatable bonds is 1. The lowest BCUT2D eigenvalue weighted by Crippen LogP contribution is -2.44. The van der Waals surface area contributed by atoms with E-state index in [0.717, 1.165) is 12.8 Å². The Hall–Kier alpha value is -1.61. The molecule has 0 spiro atoms. The van der Waals surface area contributed by atoms with Crippen LogP contribution in [0.3, 0.4) is 0 Å². The van der Waals surface area contributed by atoms with Crippen molar-refractivity contribution in [2.75, 3.05) is 0 Å². The van der Waals surface area contributed by atoms with Crippen LogP contribution in [0.1, 0.15) is 28.8 Å². The van der Waals surface area contributed by atoms with Crippen molar-refractivity contribution in [1.29, 1.82) is 0 Å². The van der Waals surface area contributed by atoms with Gasteiger partial charge in [0.2, 0.25) is 0 Å². The van der Waals surface area contributed by atoms with Crippen molar-refractivity contribution in [3.63, 3.8) is 0 Å². The fraction of sp³-hybridized carbons (Fsp3) is 0.308.